The van der Waals surface area contributed by atoms with Gasteiger partial charge >= 0.3 is 0 Å². The van der Waals surface area contributed by atoms with Gasteiger partial charge in [-0.25, -0.2) is 0 Å². The summed E-state index contributed by atoms with van der Waals surface area (Å²) in [5.74, 6) is 0.950. The van der Waals surface area contributed by atoms with Gasteiger partial charge in [-0.2, -0.15) is 0 Å². The van der Waals surface area contributed by atoms with Crippen molar-refractivity contribution in [3.63, 3.8) is 0 Å². The second-order valence-electron chi connectivity index (χ2n) is 4.77. The fourth-order valence-corrected chi connectivity index (χ4v) is 3.07. The van der Waals surface area contributed by atoms with E-state index < -0.39 is 0 Å². The van der Waals surface area contributed by atoms with E-state index in [2.05, 4.69) is 23.9 Å². The summed E-state index contributed by atoms with van der Waals surface area (Å²) >= 11 is 0. The van der Waals surface area contributed by atoms with Crippen molar-refractivity contribution in [1.29, 1.82) is 0 Å². The van der Waals surface area contributed by atoms with Gasteiger partial charge in [-0.15, -0.1) is 0 Å². The van der Waals surface area contributed by atoms with Gasteiger partial charge < -0.3 is 0 Å². The molecule has 2 aliphatic rings. The second kappa shape index (κ2) is 3.97. The van der Waals surface area contributed by atoms with Crippen LogP contribution in [0.25, 0.3) is 0 Å². The van der Waals surface area contributed by atoms with Gasteiger partial charge in [0.1, 0.15) is 0 Å². The lowest BCUT2D eigenvalue weighted by Gasteiger charge is -2.35. The van der Waals surface area contributed by atoms with Gasteiger partial charge in [0.05, 0.1) is 6.17 Å². The summed E-state index contributed by atoms with van der Waals surface area (Å²) in [6.07, 6.45) is 8.06. The molecule has 1 aliphatic carbocycles. The van der Waals surface area contributed by atoms with Crippen LogP contribution in [0.15, 0.2) is 0 Å². The zero-order valence-corrected chi connectivity index (χ0v) is 9.00. The molecule has 0 radical (unpaired) electrons. The number of hydrogen-bond acceptors (Lipinski definition) is 2. The van der Waals surface area contributed by atoms with Crippen LogP contribution in [0, 0.1) is 5.92 Å². The highest BCUT2D eigenvalue weighted by molar-refractivity contribution is 4.84. The molecule has 0 aromatic heterocycles. The van der Waals surface area contributed by atoms with Gasteiger partial charge in [0.2, 0.25) is 0 Å². The lowest BCUT2D eigenvalue weighted by atomic mass is 9.86. The van der Waals surface area contributed by atoms with E-state index in [1.165, 1.54) is 45.2 Å². The van der Waals surface area contributed by atoms with E-state index in [9.17, 15) is 0 Å². The summed E-state index contributed by atoms with van der Waals surface area (Å²) in [5.41, 5.74) is 0. The van der Waals surface area contributed by atoms with E-state index in [0.29, 0.717) is 0 Å². The second-order valence-corrected chi connectivity index (χ2v) is 4.77. The molecule has 2 fully saturated rings. The molecule has 76 valence electrons. The van der Waals surface area contributed by atoms with Crippen molar-refractivity contribution in [2.75, 3.05) is 27.2 Å². The molecule has 1 heterocycles. The lowest BCUT2D eigenvalue weighted by Crippen LogP contribution is -2.41. The summed E-state index contributed by atoms with van der Waals surface area (Å²) in [7, 11) is 4.56. The Kier molecular flexibility index (Phi) is 2.89. The molecule has 2 heteroatoms. The van der Waals surface area contributed by atoms with Crippen LogP contribution < -0.4 is 0 Å². The number of likely N-dealkylation sites (N-methyl/N-ethyl adjacent to an activating group) is 2. The molecular formula is C11H22N2. The summed E-state index contributed by atoms with van der Waals surface area (Å²) < 4.78 is 0. The van der Waals surface area contributed by atoms with Crippen molar-refractivity contribution in [3.8, 4) is 0 Å². The minimum atomic E-state index is 0.750. The molecule has 2 rings (SSSR count). The minimum absolute atomic E-state index is 0.750. The van der Waals surface area contributed by atoms with E-state index >= 15 is 0 Å². The third-order valence-electron chi connectivity index (χ3n) is 3.78. The third kappa shape index (κ3) is 1.89. The van der Waals surface area contributed by atoms with Crippen LogP contribution >= 0.6 is 0 Å². The largest absolute Gasteiger partial charge is 0.289 e. The molecule has 0 spiro atoms. The molecule has 0 aromatic carbocycles. The molecule has 0 atom stereocenters. The Morgan fingerprint density at radius 2 is 1.38 bits per heavy atom. The van der Waals surface area contributed by atoms with Crippen LogP contribution in [0.2, 0.25) is 0 Å². The van der Waals surface area contributed by atoms with E-state index in [0.717, 1.165) is 12.1 Å². The first-order valence-corrected chi connectivity index (χ1v) is 5.69. The normalized spacial score (nSPS) is 30.0. The van der Waals surface area contributed by atoms with Crippen LogP contribution in [0.5, 0.6) is 0 Å². The summed E-state index contributed by atoms with van der Waals surface area (Å²) in [4.78, 5) is 5.08. The van der Waals surface area contributed by atoms with Crippen molar-refractivity contribution in [3.05, 3.63) is 0 Å². The summed E-state index contributed by atoms with van der Waals surface area (Å²) in [6.45, 7) is 2.52. The van der Waals surface area contributed by atoms with E-state index in [1.807, 2.05) is 0 Å². The Morgan fingerprint density at radius 1 is 0.846 bits per heavy atom. The number of hydrogen-bond donors (Lipinski definition) is 0. The molecule has 0 bridgehead atoms. The van der Waals surface area contributed by atoms with Gasteiger partial charge in [0, 0.05) is 13.1 Å². The van der Waals surface area contributed by atoms with Crippen molar-refractivity contribution in [2.45, 2.75) is 38.3 Å². The molecular weight excluding hydrogens is 160 g/mol. The van der Waals surface area contributed by atoms with Gasteiger partial charge in [0.15, 0.2) is 0 Å². The summed E-state index contributed by atoms with van der Waals surface area (Å²) in [5, 5.41) is 0. The van der Waals surface area contributed by atoms with E-state index in [4.69, 9.17) is 0 Å². The van der Waals surface area contributed by atoms with Crippen LogP contribution in [-0.2, 0) is 0 Å². The van der Waals surface area contributed by atoms with Gasteiger partial charge in [-0.1, -0.05) is 19.3 Å². The van der Waals surface area contributed by atoms with Gasteiger partial charge in [-0.05, 0) is 32.9 Å². The minimum Gasteiger partial charge on any atom is -0.289 e. The average molecular weight is 182 g/mol. The predicted octanol–water partition coefficient (Wildman–Crippen LogP) is 1.77. The first kappa shape index (κ1) is 9.47. The maximum Gasteiger partial charge on any atom is 0.0647 e. The molecule has 0 amide bonds. The third-order valence-corrected chi connectivity index (χ3v) is 3.78. The Hall–Kier alpha value is -0.0800. The maximum absolute atomic E-state index is 2.54. The number of rotatable bonds is 1. The summed E-state index contributed by atoms with van der Waals surface area (Å²) in [6, 6.07) is 0. The topological polar surface area (TPSA) is 6.48 Å². The Balaban J connectivity index is 1.96. The molecule has 1 saturated heterocycles. The number of nitrogens with zero attached hydrogens (tertiary/aromatic N) is 2. The monoisotopic (exact) mass is 182 g/mol. The smallest absolute Gasteiger partial charge is 0.0647 e. The first-order chi connectivity index (χ1) is 6.29. The van der Waals surface area contributed by atoms with Crippen molar-refractivity contribution in [1.82, 2.24) is 9.80 Å². The van der Waals surface area contributed by atoms with Crippen molar-refractivity contribution >= 4 is 0 Å². The van der Waals surface area contributed by atoms with Crippen molar-refractivity contribution in [2.24, 2.45) is 5.92 Å². The van der Waals surface area contributed by atoms with Gasteiger partial charge in [0.25, 0.3) is 0 Å². The Bertz CT molecular complexity index is 153. The standard InChI is InChI=1S/C11H22N2/c1-12-8-9-13(2)11(12)10-6-4-3-5-7-10/h10-11H,3-9H2,1-2H3. The molecule has 0 N–H and O–H groups in total. The Morgan fingerprint density at radius 3 is 1.92 bits per heavy atom. The van der Waals surface area contributed by atoms with Crippen LogP contribution in [0.1, 0.15) is 32.1 Å². The van der Waals surface area contributed by atoms with E-state index in [1.54, 1.807) is 0 Å². The lowest BCUT2D eigenvalue weighted by molar-refractivity contribution is 0.0922. The van der Waals surface area contributed by atoms with E-state index in [-0.39, 0.29) is 0 Å². The molecule has 0 aromatic rings. The van der Waals surface area contributed by atoms with Crippen LogP contribution in [-0.4, -0.2) is 43.2 Å². The quantitative estimate of drug-likeness (QED) is 0.610. The first-order valence-electron chi connectivity index (χ1n) is 5.69. The zero-order valence-electron chi connectivity index (χ0n) is 9.00. The van der Waals surface area contributed by atoms with Crippen LogP contribution in [0.4, 0.5) is 0 Å². The highest BCUT2D eigenvalue weighted by Gasteiger charge is 2.33. The average Bonchev–Trinajstić information content (AvgIpc) is 2.48. The van der Waals surface area contributed by atoms with Crippen molar-refractivity contribution < 1.29 is 0 Å². The highest BCUT2D eigenvalue weighted by Crippen LogP contribution is 2.31. The molecule has 13 heavy (non-hydrogen) atoms. The maximum atomic E-state index is 2.54. The highest BCUT2D eigenvalue weighted by atomic mass is 15.4. The predicted molar refractivity (Wildman–Crippen MR) is 55.6 cm³/mol. The zero-order chi connectivity index (χ0) is 9.26. The Labute approximate surface area is 81.9 Å². The fourth-order valence-electron chi connectivity index (χ4n) is 3.07. The fraction of sp³-hybridized carbons (Fsp3) is 1.00. The molecule has 1 saturated carbocycles. The molecule has 0 unspecified atom stereocenters. The van der Waals surface area contributed by atoms with Gasteiger partial charge in [-0.3, -0.25) is 9.80 Å². The molecule has 2 nitrogen and oxygen atoms in total. The van der Waals surface area contributed by atoms with Crippen LogP contribution in [0.3, 0.4) is 0 Å². The molecule has 1 aliphatic heterocycles. The SMILES string of the molecule is CN1CCN(C)C1C1CCCCC1.